The number of carbonyl (C=O) groups is 1. The number of rotatable bonds is 8. The van der Waals surface area contributed by atoms with E-state index >= 15 is 0 Å². The van der Waals surface area contributed by atoms with Gasteiger partial charge >= 0.3 is 5.97 Å². The van der Waals surface area contributed by atoms with E-state index < -0.39 is 5.97 Å². The second-order valence-corrected chi connectivity index (χ2v) is 5.81. The monoisotopic (exact) mass is 360 g/mol. The first-order valence-electron chi connectivity index (χ1n) is 8.63. The van der Waals surface area contributed by atoms with Crippen LogP contribution in [0, 0.1) is 0 Å². The highest BCUT2D eigenvalue weighted by molar-refractivity contribution is 6.20. The second kappa shape index (κ2) is 9.25. The summed E-state index contributed by atoms with van der Waals surface area (Å²) in [6.07, 6.45) is 1.64. The number of hydrogen-bond donors (Lipinski definition) is 1. The zero-order valence-corrected chi connectivity index (χ0v) is 14.7. The summed E-state index contributed by atoms with van der Waals surface area (Å²) in [5.74, 6) is 0.494. The third-order valence-electron chi connectivity index (χ3n) is 3.85. The Morgan fingerprint density at radius 3 is 2.04 bits per heavy atom. The van der Waals surface area contributed by atoms with E-state index in [2.05, 4.69) is 0 Å². The van der Waals surface area contributed by atoms with Gasteiger partial charge in [0.25, 0.3) is 0 Å². The van der Waals surface area contributed by atoms with Gasteiger partial charge in [-0.15, -0.1) is 0 Å². The molecule has 0 aromatic heterocycles. The summed E-state index contributed by atoms with van der Waals surface area (Å²) in [5.41, 5.74) is 1.66. The lowest BCUT2D eigenvalue weighted by molar-refractivity contribution is -0.130. The van der Waals surface area contributed by atoms with Crippen LogP contribution in [0.1, 0.15) is 11.1 Å². The Morgan fingerprint density at radius 1 is 0.778 bits per heavy atom. The minimum absolute atomic E-state index is 0.236. The van der Waals surface area contributed by atoms with E-state index in [1.807, 2.05) is 72.8 Å². The normalized spacial score (nSPS) is 11.0. The van der Waals surface area contributed by atoms with Crippen LogP contribution >= 0.6 is 0 Å². The van der Waals surface area contributed by atoms with Crippen LogP contribution in [-0.4, -0.2) is 24.3 Å². The van der Waals surface area contributed by atoms with Gasteiger partial charge in [-0.25, -0.2) is 4.79 Å². The van der Waals surface area contributed by atoms with Crippen molar-refractivity contribution in [3.63, 3.8) is 0 Å². The maximum Gasteiger partial charge on any atom is 0.336 e. The average Bonchev–Trinajstić information content (AvgIpc) is 2.71. The summed E-state index contributed by atoms with van der Waals surface area (Å²) in [6, 6.07) is 25.9. The number of carboxylic acids is 1. The van der Waals surface area contributed by atoms with Crippen molar-refractivity contribution in [3.8, 4) is 11.5 Å². The standard InChI is InChI=1S/C23H20O4/c24-23(25)22(19-9-3-1-4-10-19)17-18-8-7-13-21(16-18)27-15-14-26-20-11-5-2-6-12-20/h1-13,16-17H,14-15H2,(H,24,25)/b22-17-. The molecule has 0 atom stereocenters. The Labute approximate surface area is 158 Å². The molecule has 27 heavy (non-hydrogen) atoms. The molecule has 0 saturated carbocycles. The molecule has 0 heterocycles. The SMILES string of the molecule is O=C(O)/C(=C\c1cccc(OCCOc2ccccc2)c1)c1ccccc1. The number of para-hydroxylation sites is 1. The van der Waals surface area contributed by atoms with Crippen LogP contribution in [-0.2, 0) is 4.79 Å². The summed E-state index contributed by atoms with van der Waals surface area (Å²) in [7, 11) is 0. The summed E-state index contributed by atoms with van der Waals surface area (Å²) in [6.45, 7) is 0.820. The Bertz CT molecular complexity index is 902. The van der Waals surface area contributed by atoms with Gasteiger partial charge in [-0.3, -0.25) is 0 Å². The van der Waals surface area contributed by atoms with Gasteiger partial charge in [0.05, 0.1) is 5.57 Å². The lowest BCUT2D eigenvalue weighted by Gasteiger charge is -2.09. The lowest BCUT2D eigenvalue weighted by atomic mass is 10.0. The fourth-order valence-corrected chi connectivity index (χ4v) is 2.58. The Kier molecular flexibility index (Phi) is 6.26. The van der Waals surface area contributed by atoms with Crippen LogP contribution in [0.2, 0.25) is 0 Å². The smallest absolute Gasteiger partial charge is 0.336 e. The second-order valence-electron chi connectivity index (χ2n) is 5.81. The fourth-order valence-electron chi connectivity index (χ4n) is 2.58. The molecule has 4 heteroatoms. The van der Waals surface area contributed by atoms with Crippen molar-refractivity contribution in [2.24, 2.45) is 0 Å². The fraction of sp³-hybridized carbons (Fsp3) is 0.0870. The molecule has 0 aliphatic heterocycles. The molecule has 136 valence electrons. The first-order chi connectivity index (χ1) is 13.2. The minimum atomic E-state index is -0.969. The number of carboxylic acid groups (broad SMARTS) is 1. The molecule has 0 saturated heterocycles. The molecule has 3 aromatic carbocycles. The molecular weight excluding hydrogens is 340 g/mol. The Morgan fingerprint density at radius 2 is 1.37 bits per heavy atom. The predicted octanol–water partition coefficient (Wildman–Crippen LogP) is 4.77. The van der Waals surface area contributed by atoms with E-state index in [0.717, 1.165) is 11.3 Å². The molecule has 0 unspecified atom stereocenters. The van der Waals surface area contributed by atoms with E-state index in [4.69, 9.17) is 9.47 Å². The molecule has 0 fully saturated rings. The van der Waals surface area contributed by atoms with Gasteiger partial charge in [-0.05, 0) is 41.5 Å². The lowest BCUT2D eigenvalue weighted by Crippen LogP contribution is -2.08. The zero-order chi connectivity index (χ0) is 18.9. The van der Waals surface area contributed by atoms with Crippen LogP contribution in [0.3, 0.4) is 0 Å². The largest absolute Gasteiger partial charge is 0.490 e. The summed E-state index contributed by atoms with van der Waals surface area (Å²) < 4.78 is 11.3. The van der Waals surface area contributed by atoms with Gasteiger partial charge in [0, 0.05) is 0 Å². The molecule has 0 spiro atoms. The number of benzene rings is 3. The van der Waals surface area contributed by atoms with Crippen LogP contribution in [0.25, 0.3) is 11.6 Å². The Hall–Kier alpha value is -3.53. The first-order valence-corrected chi connectivity index (χ1v) is 8.63. The average molecular weight is 360 g/mol. The van der Waals surface area contributed by atoms with Crippen LogP contribution in [0.4, 0.5) is 0 Å². The first kappa shape index (κ1) is 18.3. The van der Waals surface area contributed by atoms with Crippen molar-refractivity contribution in [3.05, 3.63) is 96.1 Å². The number of ether oxygens (including phenoxy) is 2. The topological polar surface area (TPSA) is 55.8 Å². The zero-order valence-electron chi connectivity index (χ0n) is 14.7. The van der Waals surface area contributed by atoms with Crippen LogP contribution in [0.5, 0.6) is 11.5 Å². The third-order valence-corrected chi connectivity index (χ3v) is 3.85. The van der Waals surface area contributed by atoms with Crippen molar-refractivity contribution in [2.75, 3.05) is 13.2 Å². The molecule has 0 aliphatic rings. The van der Waals surface area contributed by atoms with Gasteiger partial charge in [-0.1, -0.05) is 60.7 Å². The maximum atomic E-state index is 11.6. The maximum absolute atomic E-state index is 11.6. The van der Waals surface area contributed by atoms with Crippen molar-refractivity contribution in [2.45, 2.75) is 0 Å². The summed E-state index contributed by atoms with van der Waals surface area (Å²) in [4.78, 5) is 11.6. The highest BCUT2D eigenvalue weighted by Gasteiger charge is 2.10. The molecule has 0 aliphatic carbocycles. The summed E-state index contributed by atoms with van der Waals surface area (Å²) in [5, 5.41) is 9.52. The molecule has 0 amide bonds. The van der Waals surface area contributed by atoms with Gasteiger partial charge in [-0.2, -0.15) is 0 Å². The van der Waals surface area contributed by atoms with Crippen molar-refractivity contribution in [1.82, 2.24) is 0 Å². The molecule has 3 aromatic rings. The molecule has 1 N–H and O–H groups in total. The van der Waals surface area contributed by atoms with Gasteiger partial charge in [0.2, 0.25) is 0 Å². The Balaban J connectivity index is 1.65. The van der Waals surface area contributed by atoms with Crippen molar-refractivity contribution < 1.29 is 19.4 Å². The van der Waals surface area contributed by atoms with E-state index in [1.165, 1.54) is 0 Å². The number of aliphatic carboxylic acids is 1. The highest BCUT2D eigenvalue weighted by atomic mass is 16.5. The van der Waals surface area contributed by atoms with E-state index in [9.17, 15) is 9.90 Å². The van der Waals surface area contributed by atoms with Crippen LogP contribution < -0.4 is 9.47 Å². The van der Waals surface area contributed by atoms with E-state index in [-0.39, 0.29) is 5.57 Å². The van der Waals surface area contributed by atoms with Crippen LogP contribution in [0.15, 0.2) is 84.9 Å². The quantitative estimate of drug-likeness (QED) is 0.357. The van der Waals surface area contributed by atoms with E-state index in [0.29, 0.717) is 24.5 Å². The van der Waals surface area contributed by atoms with Crippen molar-refractivity contribution >= 4 is 17.6 Å². The highest BCUT2D eigenvalue weighted by Crippen LogP contribution is 2.21. The molecule has 4 nitrogen and oxygen atoms in total. The number of hydrogen-bond acceptors (Lipinski definition) is 3. The molecular formula is C23H20O4. The van der Waals surface area contributed by atoms with Crippen molar-refractivity contribution in [1.29, 1.82) is 0 Å². The molecule has 0 bridgehead atoms. The minimum Gasteiger partial charge on any atom is -0.490 e. The van der Waals surface area contributed by atoms with Gasteiger partial charge in [0.15, 0.2) is 0 Å². The van der Waals surface area contributed by atoms with Gasteiger partial charge < -0.3 is 14.6 Å². The molecule has 3 rings (SSSR count). The third kappa shape index (κ3) is 5.47. The summed E-state index contributed by atoms with van der Waals surface area (Å²) >= 11 is 0. The predicted molar refractivity (Wildman–Crippen MR) is 106 cm³/mol. The molecule has 0 radical (unpaired) electrons. The van der Waals surface area contributed by atoms with E-state index in [1.54, 1.807) is 18.2 Å². The van der Waals surface area contributed by atoms with Gasteiger partial charge in [0.1, 0.15) is 24.7 Å².